The zero-order chi connectivity index (χ0) is 22.9. The second-order valence-corrected chi connectivity index (χ2v) is 8.30. The zero-order valence-corrected chi connectivity index (χ0v) is 19.2. The van der Waals surface area contributed by atoms with Gasteiger partial charge in [-0.2, -0.15) is 0 Å². The van der Waals surface area contributed by atoms with Gasteiger partial charge in [-0.1, -0.05) is 37.3 Å². The van der Waals surface area contributed by atoms with Crippen molar-refractivity contribution in [2.45, 2.75) is 13.3 Å². The van der Waals surface area contributed by atoms with E-state index in [4.69, 9.17) is 0 Å². The average molecular weight is 445 g/mol. The molecular formula is C26H32N6O. The molecule has 0 aliphatic carbocycles. The van der Waals surface area contributed by atoms with Crippen LogP contribution in [-0.4, -0.2) is 71.5 Å². The monoisotopic (exact) mass is 444 g/mol. The van der Waals surface area contributed by atoms with Crippen molar-refractivity contribution in [3.63, 3.8) is 0 Å². The molecule has 172 valence electrons. The van der Waals surface area contributed by atoms with E-state index in [0.717, 1.165) is 49.7 Å². The maximum absolute atomic E-state index is 12.5. The number of anilines is 2. The van der Waals surface area contributed by atoms with Gasteiger partial charge in [-0.15, -0.1) is 0 Å². The molecular weight excluding hydrogens is 412 g/mol. The van der Waals surface area contributed by atoms with Crippen LogP contribution in [0.3, 0.4) is 0 Å². The number of carbonyl (C=O) groups excluding carboxylic acids is 1. The lowest BCUT2D eigenvalue weighted by Gasteiger charge is -2.34. The smallest absolute Gasteiger partial charge is 0.251 e. The molecule has 0 spiro atoms. The third-order valence-electron chi connectivity index (χ3n) is 5.87. The van der Waals surface area contributed by atoms with E-state index in [1.165, 1.54) is 13.0 Å². The Morgan fingerprint density at radius 1 is 0.909 bits per heavy atom. The van der Waals surface area contributed by atoms with E-state index in [1.807, 2.05) is 60.7 Å². The minimum Gasteiger partial charge on any atom is -0.351 e. The summed E-state index contributed by atoms with van der Waals surface area (Å²) in [5.74, 6) is 0.666. The van der Waals surface area contributed by atoms with Crippen molar-refractivity contribution in [3.8, 4) is 11.3 Å². The van der Waals surface area contributed by atoms with Crippen LogP contribution in [0.5, 0.6) is 0 Å². The first-order valence-electron chi connectivity index (χ1n) is 11.7. The number of aromatic nitrogens is 2. The Balaban J connectivity index is 1.25. The van der Waals surface area contributed by atoms with Gasteiger partial charge in [0.15, 0.2) is 0 Å². The number of amides is 1. The van der Waals surface area contributed by atoms with Crippen molar-refractivity contribution in [2.24, 2.45) is 0 Å². The molecule has 2 N–H and O–H groups in total. The van der Waals surface area contributed by atoms with Crippen molar-refractivity contribution < 1.29 is 4.79 Å². The minimum atomic E-state index is -0.0421. The number of carbonyl (C=O) groups is 1. The highest BCUT2D eigenvalue weighted by Crippen LogP contribution is 2.21. The number of hydrogen-bond donors (Lipinski definition) is 2. The van der Waals surface area contributed by atoms with Gasteiger partial charge in [0.25, 0.3) is 5.91 Å². The maximum Gasteiger partial charge on any atom is 0.251 e. The van der Waals surface area contributed by atoms with Crippen molar-refractivity contribution in [3.05, 3.63) is 72.6 Å². The highest BCUT2D eigenvalue weighted by Gasteiger charge is 2.16. The zero-order valence-electron chi connectivity index (χ0n) is 19.2. The number of hydrogen-bond acceptors (Lipinski definition) is 6. The summed E-state index contributed by atoms with van der Waals surface area (Å²) in [5.41, 5.74) is 3.42. The first-order chi connectivity index (χ1) is 16.2. The summed E-state index contributed by atoms with van der Waals surface area (Å²) in [7, 11) is 0. The van der Waals surface area contributed by atoms with Gasteiger partial charge in [0, 0.05) is 62.1 Å². The third kappa shape index (κ3) is 6.60. The molecule has 2 heterocycles. The summed E-state index contributed by atoms with van der Waals surface area (Å²) >= 11 is 0. The van der Waals surface area contributed by atoms with Gasteiger partial charge in [0.1, 0.15) is 12.1 Å². The van der Waals surface area contributed by atoms with Crippen LogP contribution in [-0.2, 0) is 0 Å². The molecule has 1 fully saturated rings. The lowest BCUT2D eigenvalue weighted by molar-refractivity contribution is 0.0936. The number of rotatable bonds is 9. The first kappa shape index (κ1) is 22.9. The second-order valence-electron chi connectivity index (χ2n) is 8.30. The van der Waals surface area contributed by atoms with E-state index in [9.17, 15) is 4.79 Å². The highest BCUT2D eigenvalue weighted by atomic mass is 16.1. The minimum absolute atomic E-state index is 0.0421. The van der Waals surface area contributed by atoms with Crippen molar-refractivity contribution in [2.75, 3.05) is 51.1 Å². The fourth-order valence-electron chi connectivity index (χ4n) is 4.03. The van der Waals surface area contributed by atoms with Crippen LogP contribution in [0.15, 0.2) is 67.0 Å². The van der Waals surface area contributed by atoms with Crippen LogP contribution in [0.25, 0.3) is 11.3 Å². The molecule has 4 rings (SSSR count). The molecule has 0 unspecified atom stereocenters. The Hall–Kier alpha value is -3.29. The topological polar surface area (TPSA) is 73.4 Å². The fourth-order valence-corrected chi connectivity index (χ4v) is 4.03. The van der Waals surface area contributed by atoms with Crippen molar-refractivity contribution in [1.82, 2.24) is 25.1 Å². The van der Waals surface area contributed by atoms with E-state index < -0.39 is 0 Å². The Morgan fingerprint density at radius 2 is 1.61 bits per heavy atom. The molecule has 0 atom stereocenters. The first-order valence-corrected chi connectivity index (χ1v) is 11.7. The van der Waals surface area contributed by atoms with Crippen LogP contribution in [0.2, 0.25) is 0 Å². The molecule has 0 saturated carbocycles. The number of piperazine rings is 1. The fraction of sp³-hybridized carbons (Fsp3) is 0.346. The van der Waals surface area contributed by atoms with Gasteiger partial charge in [-0.3, -0.25) is 9.69 Å². The molecule has 33 heavy (non-hydrogen) atoms. The quantitative estimate of drug-likeness (QED) is 0.525. The summed E-state index contributed by atoms with van der Waals surface area (Å²) in [4.78, 5) is 26.1. The predicted octanol–water partition coefficient (Wildman–Crippen LogP) is 3.64. The third-order valence-corrected chi connectivity index (χ3v) is 5.87. The molecule has 1 aliphatic rings. The Kier molecular flexibility index (Phi) is 8.00. The summed E-state index contributed by atoms with van der Waals surface area (Å²) in [5, 5.41) is 6.33. The summed E-state index contributed by atoms with van der Waals surface area (Å²) < 4.78 is 0. The van der Waals surface area contributed by atoms with E-state index in [0.29, 0.717) is 17.9 Å². The molecule has 7 nitrogen and oxygen atoms in total. The normalized spacial score (nSPS) is 14.7. The van der Waals surface area contributed by atoms with Gasteiger partial charge in [-0.25, -0.2) is 9.97 Å². The molecule has 7 heteroatoms. The van der Waals surface area contributed by atoms with Crippen LogP contribution in [0.4, 0.5) is 11.5 Å². The second kappa shape index (κ2) is 11.5. The van der Waals surface area contributed by atoms with E-state index in [-0.39, 0.29) is 5.91 Å². The van der Waals surface area contributed by atoms with Crippen LogP contribution in [0, 0.1) is 0 Å². The Labute approximate surface area is 195 Å². The molecule has 2 aromatic carbocycles. The van der Waals surface area contributed by atoms with E-state index >= 15 is 0 Å². The molecule has 3 aromatic rings. The van der Waals surface area contributed by atoms with Crippen LogP contribution >= 0.6 is 0 Å². The molecule has 0 bridgehead atoms. The van der Waals surface area contributed by atoms with Gasteiger partial charge in [0.2, 0.25) is 0 Å². The van der Waals surface area contributed by atoms with Crippen LogP contribution < -0.4 is 10.6 Å². The van der Waals surface area contributed by atoms with Gasteiger partial charge in [-0.05, 0) is 37.2 Å². The largest absolute Gasteiger partial charge is 0.351 e. The molecule has 1 amide bonds. The molecule has 0 radical (unpaired) electrons. The van der Waals surface area contributed by atoms with Gasteiger partial charge in [0.05, 0.1) is 5.69 Å². The van der Waals surface area contributed by atoms with Gasteiger partial charge >= 0.3 is 0 Å². The summed E-state index contributed by atoms with van der Waals surface area (Å²) in [6.07, 6.45) is 2.76. The number of benzene rings is 2. The Morgan fingerprint density at radius 3 is 2.30 bits per heavy atom. The summed E-state index contributed by atoms with van der Waals surface area (Å²) in [6.45, 7) is 9.35. The SMILES string of the molecule is CCCN1CCN(CCNC(=O)c2ccc(Nc3cc(-c4ccccc4)ncn3)cc2)CC1. The van der Waals surface area contributed by atoms with Crippen LogP contribution in [0.1, 0.15) is 23.7 Å². The molecule has 1 aliphatic heterocycles. The maximum atomic E-state index is 12.5. The standard InChI is InChI=1S/C26H32N6O/c1-2-13-31-15-17-32(18-16-31)14-12-27-26(33)22-8-10-23(11-9-22)30-25-19-24(28-20-29-25)21-6-4-3-5-7-21/h3-11,19-20H,2,12-18H2,1H3,(H,27,33)(H,28,29,30). The summed E-state index contributed by atoms with van der Waals surface area (Å²) in [6, 6.07) is 19.4. The van der Waals surface area contributed by atoms with E-state index in [2.05, 4.69) is 37.3 Å². The van der Waals surface area contributed by atoms with E-state index in [1.54, 1.807) is 6.33 Å². The molecule has 1 saturated heterocycles. The predicted molar refractivity (Wildman–Crippen MR) is 133 cm³/mol. The number of nitrogens with zero attached hydrogens (tertiary/aromatic N) is 4. The Bertz CT molecular complexity index is 1020. The lowest BCUT2D eigenvalue weighted by Crippen LogP contribution is -2.48. The van der Waals surface area contributed by atoms with Crippen molar-refractivity contribution >= 4 is 17.4 Å². The molecule has 1 aromatic heterocycles. The highest BCUT2D eigenvalue weighted by molar-refractivity contribution is 5.94. The van der Waals surface area contributed by atoms with Crippen molar-refractivity contribution in [1.29, 1.82) is 0 Å². The number of nitrogens with one attached hydrogen (secondary N) is 2. The van der Waals surface area contributed by atoms with Gasteiger partial charge < -0.3 is 15.5 Å². The lowest BCUT2D eigenvalue weighted by atomic mass is 10.1. The average Bonchev–Trinajstić information content (AvgIpc) is 2.86.